The Balaban J connectivity index is 0.000000281. The number of aromatic nitrogens is 2. The van der Waals surface area contributed by atoms with Crippen molar-refractivity contribution in [1.29, 1.82) is 0 Å². The number of nitrogens with zero attached hydrogens (tertiary/aromatic N) is 1. The van der Waals surface area contributed by atoms with E-state index in [1.807, 2.05) is 24.3 Å². The molecule has 0 atom stereocenters. The first-order valence-corrected chi connectivity index (χ1v) is 3.43. The summed E-state index contributed by atoms with van der Waals surface area (Å²) in [6.45, 7) is 0. The number of aromatic amines is 1. The summed E-state index contributed by atoms with van der Waals surface area (Å²) < 4.78 is 0. The number of fused-ring (bicyclic) bond motifs is 1. The van der Waals surface area contributed by atoms with E-state index in [0.29, 0.717) is 0 Å². The number of nitrogens with two attached hydrogens (primary N) is 1. The first-order chi connectivity index (χ1) is 5.47. The van der Waals surface area contributed by atoms with Crippen molar-refractivity contribution in [2.24, 2.45) is 5.73 Å². The molecule has 0 fully saturated rings. The van der Waals surface area contributed by atoms with Crippen molar-refractivity contribution < 1.29 is 0 Å². The average molecular weight is 149 g/mol. The molecule has 2 aromatic rings. The second-order valence-electron chi connectivity index (χ2n) is 1.92. The van der Waals surface area contributed by atoms with Crippen molar-refractivity contribution >= 4 is 11.0 Å². The lowest BCUT2D eigenvalue weighted by Gasteiger charge is -1.81. The maximum Gasteiger partial charge on any atom is 0.0931 e. The van der Waals surface area contributed by atoms with Crippen molar-refractivity contribution in [3.05, 3.63) is 30.6 Å². The Labute approximate surface area is 65.3 Å². The number of H-pyrrole nitrogens is 1. The second-order valence-corrected chi connectivity index (χ2v) is 1.92. The normalized spacial score (nSPS) is 8.91. The van der Waals surface area contributed by atoms with Gasteiger partial charge in [-0.15, -0.1) is 0 Å². The van der Waals surface area contributed by atoms with Crippen LogP contribution in [0.2, 0.25) is 0 Å². The van der Waals surface area contributed by atoms with Crippen molar-refractivity contribution in [1.82, 2.24) is 9.97 Å². The fourth-order valence-electron chi connectivity index (χ4n) is 0.880. The highest BCUT2D eigenvalue weighted by Gasteiger charge is 1.88. The van der Waals surface area contributed by atoms with Gasteiger partial charge in [0.2, 0.25) is 0 Å². The van der Waals surface area contributed by atoms with Gasteiger partial charge in [0.15, 0.2) is 0 Å². The molecule has 0 aliphatic heterocycles. The number of rotatable bonds is 0. The molecule has 11 heavy (non-hydrogen) atoms. The van der Waals surface area contributed by atoms with Crippen LogP contribution >= 0.6 is 0 Å². The summed E-state index contributed by atoms with van der Waals surface area (Å²) in [7, 11) is 1.50. The van der Waals surface area contributed by atoms with E-state index in [1.165, 1.54) is 7.05 Å². The third-order valence-electron chi connectivity index (χ3n) is 1.33. The molecule has 0 saturated carbocycles. The lowest BCUT2D eigenvalue weighted by atomic mass is 10.3. The molecule has 0 bridgehead atoms. The first-order valence-electron chi connectivity index (χ1n) is 3.43. The molecule has 3 N–H and O–H groups in total. The molecule has 0 spiro atoms. The summed E-state index contributed by atoms with van der Waals surface area (Å²) in [6.07, 6.45) is 1.70. The van der Waals surface area contributed by atoms with E-state index in [-0.39, 0.29) is 0 Å². The Morgan fingerprint density at radius 1 is 1.27 bits per heavy atom. The highest BCUT2D eigenvalue weighted by molar-refractivity contribution is 5.73. The van der Waals surface area contributed by atoms with E-state index >= 15 is 0 Å². The topological polar surface area (TPSA) is 54.7 Å². The second kappa shape index (κ2) is 3.73. The Bertz CT molecular complexity index is 283. The van der Waals surface area contributed by atoms with Gasteiger partial charge < -0.3 is 10.7 Å². The fourth-order valence-corrected chi connectivity index (χ4v) is 0.880. The van der Waals surface area contributed by atoms with Crippen molar-refractivity contribution in [3.63, 3.8) is 0 Å². The van der Waals surface area contributed by atoms with Crippen molar-refractivity contribution in [2.45, 2.75) is 0 Å². The molecule has 0 saturated heterocycles. The summed E-state index contributed by atoms with van der Waals surface area (Å²) in [5.74, 6) is 0. The molecule has 3 nitrogen and oxygen atoms in total. The minimum absolute atomic E-state index is 1.03. The Kier molecular flexibility index (Phi) is 2.63. The van der Waals surface area contributed by atoms with Crippen LogP contribution in [0, 0.1) is 0 Å². The first kappa shape index (κ1) is 7.75. The highest BCUT2D eigenvalue weighted by Crippen LogP contribution is 2.05. The minimum atomic E-state index is 1.03. The third-order valence-corrected chi connectivity index (χ3v) is 1.33. The molecular formula is C8H11N3. The molecule has 0 amide bonds. The smallest absolute Gasteiger partial charge is 0.0931 e. The maximum atomic E-state index is 4.50. The Morgan fingerprint density at radius 3 is 2.73 bits per heavy atom. The van der Waals surface area contributed by atoms with Gasteiger partial charge in [0, 0.05) is 0 Å². The molecule has 0 aliphatic rings. The summed E-state index contributed by atoms with van der Waals surface area (Å²) in [4.78, 5) is 7.07. The van der Waals surface area contributed by atoms with Crippen LogP contribution in [0.5, 0.6) is 0 Å². The van der Waals surface area contributed by atoms with Gasteiger partial charge in [0.1, 0.15) is 0 Å². The van der Waals surface area contributed by atoms with Gasteiger partial charge in [-0.2, -0.15) is 0 Å². The highest BCUT2D eigenvalue weighted by atomic mass is 14.9. The molecular weight excluding hydrogens is 138 g/mol. The minimum Gasteiger partial charge on any atom is -0.345 e. The largest absolute Gasteiger partial charge is 0.345 e. The van der Waals surface area contributed by atoms with E-state index in [1.54, 1.807) is 6.33 Å². The number of benzene rings is 1. The summed E-state index contributed by atoms with van der Waals surface area (Å²) >= 11 is 0. The third kappa shape index (κ3) is 1.56. The van der Waals surface area contributed by atoms with Gasteiger partial charge in [-0.3, -0.25) is 0 Å². The predicted molar refractivity (Wildman–Crippen MR) is 46.2 cm³/mol. The average Bonchev–Trinajstić information content (AvgIpc) is 2.55. The number of para-hydroxylation sites is 2. The van der Waals surface area contributed by atoms with E-state index in [2.05, 4.69) is 15.7 Å². The van der Waals surface area contributed by atoms with E-state index < -0.39 is 0 Å². The number of hydrogen-bond acceptors (Lipinski definition) is 2. The molecule has 58 valence electrons. The molecule has 0 aliphatic carbocycles. The zero-order chi connectivity index (χ0) is 8.10. The number of hydrogen-bond donors (Lipinski definition) is 2. The van der Waals surface area contributed by atoms with Crippen LogP contribution < -0.4 is 5.73 Å². The van der Waals surface area contributed by atoms with Gasteiger partial charge in [-0.25, -0.2) is 4.98 Å². The number of imidazole rings is 1. The van der Waals surface area contributed by atoms with Crippen LogP contribution in [0.15, 0.2) is 30.6 Å². The zero-order valence-electron chi connectivity index (χ0n) is 6.41. The number of nitrogens with one attached hydrogen (secondary N) is 1. The quantitative estimate of drug-likeness (QED) is 0.590. The summed E-state index contributed by atoms with van der Waals surface area (Å²) in [6, 6.07) is 7.94. The van der Waals surface area contributed by atoms with Gasteiger partial charge in [0.05, 0.1) is 17.4 Å². The van der Waals surface area contributed by atoms with Crippen LogP contribution in [0.25, 0.3) is 11.0 Å². The molecule has 2 rings (SSSR count). The molecule has 3 heteroatoms. The summed E-state index contributed by atoms with van der Waals surface area (Å²) in [5, 5.41) is 0. The van der Waals surface area contributed by atoms with Crippen molar-refractivity contribution in [2.75, 3.05) is 7.05 Å². The molecule has 1 heterocycles. The fraction of sp³-hybridized carbons (Fsp3) is 0.125. The standard InChI is InChI=1S/C7H6N2.CH5N/c1-2-4-7-6(3-1)8-5-9-7;1-2/h1-5H,(H,8,9);2H2,1H3. The van der Waals surface area contributed by atoms with E-state index in [0.717, 1.165) is 11.0 Å². The van der Waals surface area contributed by atoms with Gasteiger partial charge in [0.25, 0.3) is 0 Å². The maximum absolute atomic E-state index is 4.50. The van der Waals surface area contributed by atoms with Crippen LogP contribution in [0.1, 0.15) is 0 Å². The Hall–Kier alpha value is -1.35. The predicted octanol–water partition coefficient (Wildman–Crippen LogP) is 1.14. The lowest BCUT2D eigenvalue weighted by molar-refractivity contribution is 1.34. The van der Waals surface area contributed by atoms with Gasteiger partial charge >= 0.3 is 0 Å². The summed E-state index contributed by atoms with van der Waals surface area (Å²) in [5.41, 5.74) is 6.62. The van der Waals surface area contributed by atoms with Crippen molar-refractivity contribution in [3.8, 4) is 0 Å². The van der Waals surface area contributed by atoms with E-state index in [4.69, 9.17) is 0 Å². The Morgan fingerprint density at radius 2 is 2.00 bits per heavy atom. The van der Waals surface area contributed by atoms with Gasteiger partial charge in [-0.05, 0) is 19.2 Å². The lowest BCUT2D eigenvalue weighted by Crippen LogP contribution is -1.69. The monoisotopic (exact) mass is 149 g/mol. The van der Waals surface area contributed by atoms with Gasteiger partial charge in [-0.1, -0.05) is 12.1 Å². The van der Waals surface area contributed by atoms with Crippen LogP contribution in [-0.2, 0) is 0 Å². The molecule has 0 radical (unpaired) electrons. The molecule has 0 unspecified atom stereocenters. The zero-order valence-corrected chi connectivity index (χ0v) is 6.41. The van der Waals surface area contributed by atoms with Crippen LogP contribution in [0.4, 0.5) is 0 Å². The molecule has 1 aromatic heterocycles. The molecule has 1 aromatic carbocycles. The van der Waals surface area contributed by atoms with E-state index in [9.17, 15) is 0 Å². The van der Waals surface area contributed by atoms with Crippen LogP contribution in [-0.4, -0.2) is 17.0 Å². The SMILES string of the molecule is CN.c1ccc2[nH]cnc2c1. The van der Waals surface area contributed by atoms with Crippen LogP contribution in [0.3, 0.4) is 0 Å².